The van der Waals surface area contributed by atoms with Crippen LogP contribution >= 0.6 is 11.8 Å². The number of aromatic nitrogens is 1. The minimum atomic E-state index is -3.07. The number of alkyl halides is 2. The Balaban J connectivity index is 1.50. The van der Waals surface area contributed by atoms with Crippen LogP contribution in [0.3, 0.4) is 0 Å². The number of aliphatic carboxylic acids is 1. The quantitative estimate of drug-likeness (QED) is 0.155. The predicted octanol–water partition coefficient (Wildman–Crippen LogP) is 8.11. The van der Waals surface area contributed by atoms with Crippen LogP contribution < -0.4 is 10.9 Å². The van der Waals surface area contributed by atoms with E-state index in [1.54, 1.807) is 0 Å². The molecule has 0 bridgehead atoms. The summed E-state index contributed by atoms with van der Waals surface area (Å²) in [4.78, 5) is 39.3. The van der Waals surface area contributed by atoms with Gasteiger partial charge in [0.05, 0.1) is 0 Å². The van der Waals surface area contributed by atoms with Crippen LogP contribution in [-0.2, 0) is 16.5 Å². The van der Waals surface area contributed by atoms with Crippen molar-refractivity contribution in [3.05, 3.63) is 149 Å². The van der Waals surface area contributed by atoms with Crippen molar-refractivity contribution < 1.29 is 23.5 Å². The number of hydrogen-bond donors (Lipinski definition) is 2. The number of pyridine rings is 1. The monoisotopic (exact) mass is 624 g/mol. The molecule has 2 N–H and O–H groups in total. The molecule has 1 unspecified atom stereocenters. The van der Waals surface area contributed by atoms with Gasteiger partial charge in [-0.25, -0.2) is 13.6 Å². The summed E-state index contributed by atoms with van der Waals surface area (Å²) in [5.74, 6) is -4.30. The maximum absolute atomic E-state index is 13.7. The van der Waals surface area contributed by atoms with Gasteiger partial charge in [0.2, 0.25) is 0 Å². The molecule has 0 aliphatic rings. The molecular weight excluding hydrogens is 594 g/mol. The zero-order chi connectivity index (χ0) is 32.0. The highest BCUT2D eigenvalue weighted by Gasteiger charge is 2.26. The van der Waals surface area contributed by atoms with E-state index >= 15 is 0 Å². The van der Waals surface area contributed by atoms with Crippen molar-refractivity contribution in [2.24, 2.45) is 0 Å². The number of carboxylic acids is 1. The molecule has 5 rings (SSSR count). The van der Waals surface area contributed by atoms with Crippen LogP contribution in [-0.4, -0.2) is 27.3 Å². The number of carboxylic acid groups (broad SMARTS) is 1. The molecule has 0 saturated carbocycles. The average molecular weight is 625 g/mol. The molecule has 1 atom stereocenters. The lowest BCUT2D eigenvalue weighted by Gasteiger charge is -2.19. The third kappa shape index (κ3) is 7.74. The number of thioether (sulfide) groups is 1. The molecule has 0 spiro atoms. The van der Waals surface area contributed by atoms with Crippen LogP contribution in [0.15, 0.2) is 126 Å². The van der Waals surface area contributed by atoms with Gasteiger partial charge in [0.15, 0.2) is 0 Å². The SMILES string of the molecule is CC(F)(F)c1ccc(C(=O)Nc2cc(-c3ccc(-c4ccccc4)cc3)cn(C(CSCc3ccccc3)C(=O)O)c2=O)cc1. The number of amides is 1. The number of rotatable bonds is 11. The highest BCUT2D eigenvalue weighted by Crippen LogP contribution is 2.29. The summed E-state index contributed by atoms with van der Waals surface area (Å²) < 4.78 is 28.5. The van der Waals surface area contributed by atoms with E-state index in [9.17, 15) is 28.3 Å². The summed E-state index contributed by atoms with van der Waals surface area (Å²) in [5.41, 5.74) is 3.23. The highest BCUT2D eigenvalue weighted by atomic mass is 32.2. The van der Waals surface area contributed by atoms with Crippen LogP contribution in [0, 0.1) is 0 Å². The Hall–Kier alpha value is -5.02. The number of benzene rings is 4. The van der Waals surface area contributed by atoms with Gasteiger partial charge in [0.1, 0.15) is 11.7 Å². The molecule has 1 aromatic heterocycles. The molecular formula is C36H30F2N2O4S. The van der Waals surface area contributed by atoms with E-state index in [4.69, 9.17) is 0 Å². The topological polar surface area (TPSA) is 88.4 Å². The van der Waals surface area contributed by atoms with E-state index in [1.165, 1.54) is 36.2 Å². The van der Waals surface area contributed by atoms with Crippen molar-refractivity contribution in [1.82, 2.24) is 4.57 Å². The predicted molar refractivity (Wildman–Crippen MR) is 175 cm³/mol. The van der Waals surface area contributed by atoms with Crippen molar-refractivity contribution in [3.63, 3.8) is 0 Å². The third-order valence-electron chi connectivity index (χ3n) is 7.28. The largest absolute Gasteiger partial charge is 0.480 e. The fourth-order valence-corrected chi connectivity index (χ4v) is 5.88. The van der Waals surface area contributed by atoms with E-state index in [-0.39, 0.29) is 22.6 Å². The molecule has 0 fully saturated rings. The second-order valence-electron chi connectivity index (χ2n) is 10.6. The molecule has 0 radical (unpaired) electrons. The molecule has 6 nitrogen and oxygen atoms in total. The molecule has 0 saturated heterocycles. The molecule has 45 heavy (non-hydrogen) atoms. The average Bonchev–Trinajstić information content (AvgIpc) is 3.05. The standard InChI is InChI=1S/C36H30F2N2O4S/c1-36(37,38)30-18-16-28(17-19-30)33(41)39-31-20-29(27-14-12-26(13-15-27)25-10-6-3-7-11-25)21-40(34(31)42)32(35(43)44)23-45-22-24-8-4-2-5-9-24/h2-21,32H,22-23H2,1H3,(H,39,41)(H,43,44). The number of nitrogens with zero attached hydrogens (tertiary/aromatic N) is 1. The molecule has 228 valence electrons. The van der Waals surface area contributed by atoms with Crippen LogP contribution in [0.25, 0.3) is 22.3 Å². The highest BCUT2D eigenvalue weighted by molar-refractivity contribution is 7.98. The van der Waals surface area contributed by atoms with Crippen molar-refractivity contribution in [2.75, 3.05) is 11.1 Å². The van der Waals surface area contributed by atoms with E-state index < -0.39 is 29.4 Å². The van der Waals surface area contributed by atoms with Gasteiger partial charge >= 0.3 is 5.97 Å². The number of anilines is 1. The molecule has 9 heteroatoms. The summed E-state index contributed by atoms with van der Waals surface area (Å²) in [6, 6.07) is 32.0. The van der Waals surface area contributed by atoms with Gasteiger partial charge in [-0.1, -0.05) is 97.1 Å². The second-order valence-corrected chi connectivity index (χ2v) is 11.6. The fourth-order valence-electron chi connectivity index (χ4n) is 4.81. The smallest absolute Gasteiger partial charge is 0.327 e. The number of hydrogen-bond acceptors (Lipinski definition) is 4. The van der Waals surface area contributed by atoms with Crippen molar-refractivity contribution in [1.29, 1.82) is 0 Å². The summed E-state index contributed by atoms with van der Waals surface area (Å²) in [5, 5.41) is 12.8. The maximum atomic E-state index is 13.7. The zero-order valence-corrected chi connectivity index (χ0v) is 25.1. The Labute approximate surface area is 263 Å². The van der Waals surface area contributed by atoms with Gasteiger partial charge in [-0.15, -0.1) is 0 Å². The zero-order valence-electron chi connectivity index (χ0n) is 24.3. The lowest BCUT2D eigenvalue weighted by Crippen LogP contribution is -2.33. The third-order valence-corrected chi connectivity index (χ3v) is 8.37. The first-order valence-corrected chi connectivity index (χ1v) is 15.3. The normalized spacial score (nSPS) is 12.0. The molecule has 4 aromatic carbocycles. The van der Waals surface area contributed by atoms with Crippen LogP contribution in [0.1, 0.15) is 34.5 Å². The Bertz CT molecular complexity index is 1840. The molecule has 0 aliphatic heterocycles. The molecule has 1 heterocycles. The van der Waals surface area contributed by atoms with Crippen LogP contribution in [0.4, 0.5) is 14.5 Å². The van der Waals surface area contributed by atoms with E-state index in [0.717, 1.165) is 40.3 Å². The maximum Gasteiger partial charge on any atom is 0.327 e. The van der Waals surface area contributed by atoms with E-state index in [1.807, 2.05) is 84.9 Å². The number of carbonyl (C=O) groups excluding carboxylic acids is 1. The van der Waals surface area contributed by atoms with Crippen molar-refractivity contribution in [3.8, 4) is 22.3 Å². The first kappa shape index (κ1) is 31.4. The molecule has 5 aromatic rings. The van der Waals surface area contributed by atoms with Gasteiger partial charge in [-0.3, -0.25) is 14.2 Å². The van der Waals surface area contributed by atoms with Gasteiger partial charge in [0, 0.05) is 41.3 Å². The fraction of sp³-hybridized carbons (Fsp3) is 0.139. The number of nitrogens with one attached hydrogen (secondary N) is 1. The Kier molecular flexibility index (Phi) is 9.59. The Morgan fingerprint density at radius 3 is 1.96 bits per heavy atom. The number of carbonyl (C=O) groups is 2. The molecule has 0 aliphatic carbocycles. The summed E-state index contributed by atoms with van der Waals surface area (Å²) >= 11 is 1.38. The van der Waals surface area contributed by atoms with Gasteiger partial charge in [0.25, 0.3) is 17.4 Å². The van der Waals surface area contributed by atoms with E-state index in [0.29, 0.717) is 16.9 Å². The lowest BCUT2D eigenvalue weighted by atomic mass is 10.0. The van der Waals surface area contributed by atoms with Gasteiger partial charge in [-0.05, 0) is 40.5 Å². The summed E-state index contributed by atoms with van der Waals surface area (Å²) in [6.45, 7) is 0.763. The summed E-state index contributed by atoms with van der Waals surface area (Å²) in [6.07, 6.45) is 1.50. The second kappa shape index (κ2) is 13.7. The van der Waals surface area contributed by atoms with Gasteiger partial charge < -0.3 is 10.4 Å². The first-order valence-electron chi connectivity index (χ1n) is 14.2. The Morgan fingerprint density at radius 1 is 0.822 bits per heavy atom. The first-order chi connectivity index (χ1) is 21.6. The minimum Gasteiger partial charge on any atom is -0.480 e. The summed E-state index contributed by atoms with van der Waals surface area (Å²) in [7, 11) is 0. The van der Waals surface area contributed by atoms with Crippen molar-refractivity contribution >= 4 is 29.3 Å². The Morgan fingerprint density at radius 2 is 1.38 bits per heavy atom. The lowest BCUT2D eigenvalue weighted by molar-refractivity contribution is -0.140. The van der Waals surface area contributed by atoms with Gasteiger partial charge in [-0.2, -0.15) is 11.8 Å². The number of halogens is 2. The minimum absolute atomic E-state index is 0.0692. The molecule has 1 amide bonds. The van der Waals surface area contributed by atoms with Crippen LogP contribution in [0.2, 0.25) is 0 Å². The van der Waals surface area contributed by atoms with E-state index in [2.05, 4.69) is 5.32 Å². The van der Waals surface area contributed by atoms with Crippen LogP contribution in [0.5, 0.6) is 0 Å². The van der Waals surface area contributed by atoms with Crippen molar-refractivity contribution in [2.45, 2.75) is 24.6 Å².